The van der Waals surface area contributed by atoms with Gasteiger partial charge in [0.05, 0.1) is 19.0 Å². The predicted molar refractivity (Wildman–Crippen MR) is 118 cm³/mol. The van der Waals surface area contributed by atoms with Crippen molar-refractivity contribution >= 4 is 17.7 Å². The van der Waals surface area contributed by atoms with Gasteiger partial charge in [-0.2, -0.15) is 0 Å². The van der Waals surface area contributed by atoms with Gasteiger partial charge in [-0.15, -0.1) is 10.2 Å². The molecule has 0 N–H and O–H groups in total. The van der Waals surface area contributed by atoms with E-state index in [2.05, 4.69) is 54.6 Å². The van der Waals surface area contributed by atoms with E-state index in [1.165, 1.54) is 17.3 Å². The molecular weight excluding hydrogens is 400 g/mol. The molecule has 7 nitrogen and oxygen atoms in total. The molecule has 0 saturated carbocycles. The summed E-state index contributed by atoms with van der Waals surface area (Å²) in [6, 6.07) is 8.35. The third-order valence-corrected chi connectivity index (χ3v) is 6.05. The molecule has 1 unspecified atom stereocenters. The number of hydrogen-bond acceptors (Lipinski definition) is 6. The molecule has 0 radical (unpaired) electrons. The molecule has 0 spiro atoms. The van der Waals surface area contributed by atoms with E-state index < -0.39 is 0 Å². The monoisotopic (exact) mass is 432 g/mol. The van der Waals surface area contributed by atoms with Crippen LogP contribution >= 0.6 is 11.8 Å². The normalized spacial score (nSPS) is 15.6. The van der Waals surface area contributed by atoms with E-state index in [9.17, 15) is 4.79 Å². The average molecular weight is 433 g/mol. The van der Waals surface area contributed by atoms with Gasteiger partial charge in [0.25, 0.3) is 0 Å². The fourth-order valence-corrected chi connectivity index (χ4v) is 4.34. The summed E-state index contributed by atoms with van der Waals surface area (Å²) in [5, 5.41) is 9.49. The quantitative estimate of drug-likeness (QED) is 0.586. The minimum Gasteiger partial charge on any atom is -0.483 e. The lowest BCUT2D eigenvalue weighted by Crippen LogP contribution is -2.41. The van der Waals surface area contributed by atoms with Crippen molar-refractivity contribution in [2.24, 2.45) is 0 Å². The Morgan fingerprint density at radius 3 is 2.37 bits per heavy atom. The molecule has 8 heteroatoms. The number of benzene rings is 1. The van der Waals surface area contributed by atoms with Crippen LogP contribution in [0.2, 0.25) is 0 Å². The third kappa shape index (κ3) is 5.55. The molecule has 0 aliphatic carbocycles. The van der Waals surface area contributed by atoms with Crippen molar-refractivity contribution in [3.63, 3.8) is 0 Å². The summed E-state index contributed by atoms with van der Waals surface area (Å²) in [7, 11) is 0. The molecule has 1 aliphatic heterocycles. The number of carbonyl (C=O) groups is 1. The molecule has 1 saturated heterocycles. The Morgan fingerprint density at radius 2 is 1.77 bits per heavy atom. The van der Waals surface area contributed by atoms with Gasteiger partial charge in [0, 0.05) is 19.1 Å². The minimum atomic E-state index is -0.255. The molecule has 1 fully saturated rings. The highest BCUT2D eigenvalue weighted by Crippen LogP contribution is 2.28. The molecule has 30 heavy (non-hydrogen) atoms. The predicted octanol–water partition coefficient (Wildman–Crippen LogP) is 4.07. The molecular formula is C22H32N4O3S. The molecule has 2 aromatic rings. The molecule has 164 valence electrons. The van der Waals surface area contributed by atoms with E-state index in [4.69, 9.17) is 9.47 Å². The highest BCUT2D eigenvalue weighted by atomic mass is 32.2. The molecule has 1 aliphatic rings. The van der Waals surface area contributed by atoms with Gasteiger partial charge >= 0.3 is 0 Å². The van der Waals surface area contributed by atoms with Crippen LogP contribution in [0.4, 0.5) is 0 Å². The first kappa shape index (κ1) is 22.6. The lowest BCUT2D eigenvalue weighted by Gasteiger charge is -2.26. The van der Waals surface area contributed by atoms with E-state index in [1.54, 1.807) is 0 Å². The highest BCUT2D eigenvalue weighted by Gasteiger charge is 2.23. The number of rotatable bonds is 8. The second-order valence-electron chi connectivity index (χ2n) is 8.07. The smallest absolute Gasteiger partial charge is 0.233 e. The van der Waals surface area contributed by atoms with Crippen LogP contribution in [0.3, 0.4) is 0 Å². The second-order valence-corrected chi connectivity index (χ2v) is 9.01. The van der Waals surface area contributed by atoms with Crippen molar-refractivity contribution in [2.75, 3.05) is 32.1 Å². The zero-order valence-corrected chi connectivity index (χ0v) is 19.3. The fourth-order valence-electron chi connectivity index (χ4n) is 3.37. The summed E-state index contributed by atoms with van der Waals surface area (Å²) in [5.74, 6) is 2.51. The number of hydrogen-bond donors (Lipinski definition) is 0. The van der Waals surface area contributed by atoms with Crippen LogP contribution in [0.15, 0.2) is 29.4 Å². The average Bonchev–Trinajstić information content (AvgIpc) is 3.17. The maximum Gasteiger partial charge on any atom is 0.233 e. The Labute approximate surface area is 183 Å². The number of thioether (sulfide) groups is 1. The van der Waals surface area contributed by atoms with Crippen molar-refractivity contribution in [1.82, 2.24) is 19.7 Å². The lowest BCUT2D eigenvalue weighted by molar-refractivity contribution is -0.132. The standard InChI is InChI=1S/C22H32N4O3S/c1-15(2)18-6-8-19(9-7-18)29-17(5)21-23-24-22(26(21)16(3)4)30-14-20(27)25-10-12-28-13-11-25/h6-9,15-17H,10-14H2,1-5H3. The van der Waals surface area contributed by atoms with Crippen molar-refractivity contribution in [3.8, 4) is 5.75 Å². The van der Waals surface area contributed by atoms with Crippen molar-refractivity contribution < 1.29 is 14.3 Å². The zero-order chi connectivity index (χ0) is 21.7. The Kier molecular flexibility index (Phi) is 7.77. The van der Waals surface area contributed by atoms with Crippen molar-refractivity contribution in [1.29, 1.82) is 0 Å². The molecule has 3 rings (SSSR count). The SMILES string of the molecule is CC(C)c1ccc(OC(C)c2nnc(SCC(=O)N3CCOCC3)n2C(C)C)cc1. The summed E-state index contributed by atoms with van der Waals surface area (Å²) in [4.78, 5) is 14.3. The Bertz CT molecular complexity index is 829. The Balaban J connectivity index is 1.67. The van der Waals surface area contributed by atoms with Crippen LogP contribution in [0.5, 0.6) is 5.75 Å². The number of morpholine rings is 1. The summed E-state index contributed by atoms with van der Waals surface area (Å²) >= 11 is 1.43. The van der Waals surface area contributed by atoms with Crippen LogP contribution in [0, 0.1) is 0 Å². The van der Waals surface area contributed by atoms with Gasteiger partial charge in [0.15, 0.2) is 17.1 Å². The number of nitrogens with zero attached hydrogens (tertiary/aromatic N) is 4. The fraction of sp³-hybridized carbons (Fsp3) is 0.591. The van der Waals surface area contributed by atoms with Crippen LogP contribution in [0.1, 0.15) is 64.1 Å². The first-order chi connectivity index (χ1) is 14.4. The van der Waals surface area contributed by atoms with E-state index in [-0.39, 0.29) is 18.1 Å². The largest absolute Gasteiger partial charge is 0.483 e. The number of aromatic nitrogens is 3. The van der Waals surface area contributed by atoms with E-state index in [0.717, 1.165) is 16.7 Å². The minimum absolute atomic E-state index is 0.109. The molecule has 1 aromatic carbocycles. The summed E-state index contributed by atoms with van der Waals surface area (Å²) < 4.78 is 13.5. The van der Waals surface area contributed by atoms with Gasteiger partial charge < -0.3 is 18.9 Å². The van der Waals surface area contributed by atoms with Crippen molar-refractivity contribution in [2.45, 2.75) is 57.8 Å². The van der Waals surface area contributed by atoms with Crippen LogP contribution < -0.4 is 4.74 Å². The maximum absolute atomic E-state index is 12.5. The summed E-state index contributed by atoms with van der Waals surface area (Å²) in [6.45, 7) is 13.0. The lowest BCUT2D eigenvalue weighted by atomic mass is 10.0. The second kappa shape index (κ2) is 10.3. The van der Waals surface area contributed by atoms with Gasteiger partial charge in [-0.1, -0.05) is 37.7 Å². The Hall–Kier alpha value is -2.06. The molecule has 1 aromatic heterocycles. The summed E-state index contributed by atoms with van der Waals surface area (Å²) in [6.07, 6.45) is -0.255. The number of ether oxygens (including phenoxy) is 2. The van der Waals surface area contributed by atoms with Gasteiger partial charge in [-0.3, -0.25) is 4.79 Å². The third-order valence-electron chi connectivity index (χ3n) is 5.12. The topological polar surface area (TPSA) is 69.5 Å². The zero-order valence-electron chi connectivity index (χ0n) is 18.5. The van der Waals surface area contributed by atoms with Gasteiger partial charge in [0.2, 0.25) is 5.91 Å². The first-order valence-electron chi connectivity index (χ1n) is 10.6. The van der Waals surface area contributed by atoms with Crippen LogP contribution in [0.25, 0.3) is 0 Å². The van der Waals surface area contributed by atoms with Gasteiger partial charge in [-0.05, 0) is 44.4 Å². The summed E-state index contributed by atoms with van der Waals surface area (Å²) in [5.41, 5.74) is 1.28. The van der Waals surface area contributed by atoms with Gasteiger partial charge in [0.1, 0.15) is 5.75 Å². The molecule has 1 amide bonds. The molecule has 1 atom stereocenters. The number of amides is 1. The van der Waals surface area contributed by atoms with Crippen LogP contribution in [-0.2, 0) is 9.53 Å². The Morgan fingerprint density at radius 1 is 1.10 bits per heavy atom. The molecule has 0 bridgehead atoms. The number of carbonyl (C=O) groups excluding carboxylic acids is 1. The van der Waals surface area contributed by atoms with E-state index in [0.29, 0.717) is 38.0 Å². The first-order valence-corrected chi connectivity index (χ1v) is 11.5. The van der Waals surface area contributed by atoms with E-state index in [1.807, 2.05) is 24.0 Å². The maximum atomic E-state index is 12.5. The van der Waals surface area contributed by atoms with Gasteiger partial charge in [-0.25, -0.2) is 0 Å². The molecule has 2 heterocycles. The van der Waals surface area contributed by atoms with Crippen molar-refractivity contribution in [3.05, 3.63) is 35.7 Å². The van der Waals surface area contributed by atoms with Crippen LogP contribution in [-0.4, -0.2) is 57.6 Å². The highest BCUT2D eigenvalue weighted by molar-refractivity contribution is 7.99. The van der Waals surface area contributed by atoms with E-state index >= 15 is 0 Å².